The Bertz CT molecular complexity index is 1810. The predicted octanol–water partition coefficient (Wildman–Crippen LogP) is 7.08. The molecule has 2 atom stereocenters. The second-order valence-electron chi connectivity index (χ2n) is 11.6. The summed E-state index contributed by atoms with van der Waals surface area (Å²) in [7, 11) is 1.58. The Morgan fingerprint density at radius 3 is 2.67 bits per heavy atom. The van der Waals surface area contributed by atoms with Crippen molar-refractivity contribution in [3.05, 3.63) is 76.9 Å². The summed E-state index contributed by atoms with van der Waals surface area (Å²) in [6, 6.07) is 15.2. The average Bonchev–Trinajstić information content (AvgIpc) is 3.69. The fraction of sp³-hybridized carbons (Fsp3) is 0.343. The van der Waals surface area contributed by atoms with Crippen LogP contribution in [0.25, 0.3) is 16.0 Å². The molecule has 1 aromatic heterocycles. The summed E-state index contributed by atoms with van der Waals surface area (Å²) in [4.78, 5) is 33.8. The Kier molecular flexibility index (Phi) is 8.42. The van der Waals surface area contributed by atoms with Crippen LogP contribution in [0.4, 0.5) is 5.13 Å². The number of aromatic nitrogens is 1. The van der Waals surface area contributed by atoms with Crippen LogP contribution in [0, 0.1) is 5.92 Å². The van der Waals surface area contributed by atoms with Gasteiger partial charge in [0.25, 0.3) is 5.78 Å². The van der Waals surface area contributed by atoms with E-state index >= 15 is 0 Å². The molecular formula is C35H36N2O7S. The second-order valence-corrected chi connectivity index (χ2v) is 12.6. The lowest BCUT2D eigenvalue weighted by Crippen LogP contribution is -2.29. The number of hydrogen-bond donors (Lipinski definition) is 1. The van der Waals surface area contributed by atoms with Crippen molar-refractivity contribution < 1.29 is 33.6 Å². The number of fused-ring (bicyclic) bond motifs is 2. The largest absolute Gasteiger partial charge is 0.507 e. The fourth-order valence-corrected chi connectivity index (χ4v) is 6.70. The maximum Gasteiger partial charge on any atom is 0.301 e. The van der Waals surface area contributed by atoms with E-state index in [2.05, 4.69) is 13.8 Å². The Labute approximate surface area is 266 Å². The molecule has 0 unspecified atom stereocenters. The number of Topliss-reactive ketones (excluding diaryl/α,β-unsaturated/α-hetero) is 1. The van der Waals surface area contributed by atoms with Crippen molar-refractivity contribution in [1.29, 1.82) is 0 Å². The number of methoxy groups -OCH3 is 1. The van der Waals surface area contributed by atoms with Crippen molar-refractivity contribution in [2.75, 3.05) is 25.2 Å². The van der Waals surface area contributed by atoms with E-state index in [4.69, 9.17) is 23.9 Å². The number of hydrogen-bond acceptors (Lipinski definition) is 9. The number of anilines is 1. The van der Waals surface area contributed by atoms with Gasteiger partial charge in [-0.05, 0) is 85.8 Å². The summed E-state index contributed by atoms with van der Waals surface area (Å²) >= 11 is 1.27. The van der Waals surface area contributed by atoms with E-state index in [1.165, 1.54) is 16.2 Å². The fourth-order valence-electron chi connectivity index (χ4n) is 5.68. The molecule has 1 saturated heterocycles. The van der Waals surface area contributed by atoms with Gasteiger partial charge in [0, 0.05) is 12.0 Å². The molecular weight excluding hydrogens is 592 g/mol. The number of benzene rings is 3. The maximum absolute atomic E-state index is 13.8. The Balaban J connectivity index is 1.50. The van der Waals surface area contributed by atoms with E-state index in [-0.39, 0.29) is 17.4 Å². The van der Waals surface area contributed by atoms with Crippen molar-refractivity contribution in [3.63, 3.8) is 0 Å². The molecule has 234 valence electrons. The molecule has 0 aliphatic carbocycles. The Morgan fingerprint density at radius 2 is 1.91 bits per heavy atom. The normalized spacial score (nSPS) is 18.8. The minimum absolute atomic E-state index is 0.0129. The summed E-state index contributed by atoms with van der Waals surface area (Å²) in [5.41, 5.74) is 2.57. The summed E-state index contributed by atoms with van der Waals surface area (Å²) in [5, 5.41) is 12.1. The van der Waals surface area contributed by atoms with Gasteiger partial charge in [0.05, 0.1) is 42.2 Å². The minimum Gasteiger partial charge on any atom is -0.507 e. The third kappa shape index (κ3) is 5.82. The molecule has 2 aliphatic rings. The van der Waals surface area contributed by atoms with Gasteiger partial charge in [-0.15, -0.1) is 0 Å². The number of carbonyl (C=O) groups is 2. The number of ether oxygens (including phenoxy) is 4. The van der Waals surface area contributed by atoms with E-state index in [1.54, 1.807) is 43.5 Å². The first-order chi connectivity index (χ1) is 21.7. The van der Waals surface area contributed by atoms with E-state index in [9.17, 15) is 14.7 Å². The quantitative estimate of drug-likeness (QED) is 0.113. The number of ketones is 1. The maximum atomic E-state index is 13.8. The second kappa shape index (κ2) is 12.4. The lowest BCUT2D eigenvalue weighted by molar-refractivity contribution is -0.132. The molecule has 1 N–H and O–H groups in total. The molecule has 3 heterocycles. The first-order valence-corrected chi connectivity index (χ1v) is 15.9. The Hall–Kier alpha value is -4.57. The zero-order chi connectivity index (χ0) is 31.8. The van der Waals surface area contributed by atoms with Gasteiger partial charge in [0.15, 0.2) is 16.6 Å². The molecule has 2 aliphatic heterocycles. The zero-order valence-corrected chi connectivity index (χ0v) is 26.8. The summed E-state index contributed by atoms with van der Waals surface area (Å²) < 4.78 is 24.0. The van der Waals surface area contributed by atoms with Crippen LogP contribution >= 0.6 is 11.3 Å². The molecule has 1 amide bonds. The highest BCUT2D eigenvalue weighted by Gasteiger charge is 2.48. The lowest BCUT2D eigenvalue weighted by atomic mass is 9.94. The van der Waals surface area contributed by atoms with Crippen molar-refractivity contribution >= 4 is 44.1 Å². The van der Waals surface area contributed by atoms with Crippen molar-refractivity contribution in [2.24, 2.45) is 5.92 Å². The smallest absolute Gasteiger partial charge is 0.301 e. The van der Waals surface area contributed by atoms with Gasteiger partial charge in [-0.3, -0.25) is 14.5 Å². The van der Waals surface area contributed by atoms with Crippen LogP contribution < -0.4 is 23.8 Å². The van der Waals surface area contributed by atoms with Gasteiger partial charge < -0.3 is 24.1 Å². The monoisotopic (exact) mass is 628 g/mol. The van der Waals surface area contributed by atoms with E-state index in [1.807, 2.05) is 32.0 Å². The van der Waals surface area contributed by atoms with Crippen LogP contribution in [0.2, 0.25) is 0 Å². The predicted molar refractivity (Wildman–Crippen MR) is 174 cm³/mol. The molecule has 0 spiro atoms. The number of aliphatic hydroxyl groups excluding tert-OH is 1. The molecule has 3 aromatic carbocycles. The molecule has 0 radical (unpaired) electrons. The minimum atomic E-state index is -0.972. The highest BCUT2D eigenvalue weighted by molar-refractivity contribution is 7.22. The van der Waals surface area contributed by atoms with E-state index in [0.29, 0.717) is 64.6 Å². The number of carbonyl (C=O) groups excluding carboxylic acids is 2. The van der Waals surface area contributed by atoms with Crippen LogP contribution in [0.5, 0.6) is 23.0 Å². The topological polar surface area (TPSA) is 107 Å². The summed E-state index contributed by atoms with van der Waals surface area (Å²) in [5.74, 6) is 1.09. The number of rotatable bonds is 10. The van der Waals surface area contributed by atoms with Gasteiger partial charge in [-0.1, -0.05) is 31.3 Å². The summed E-state index contributed by atoms with van der Waals surface area (Å²) in [6.07, 6.45) is 1.57. The van der Waals surface area contributed by atoms with Gasteiger partial charge >= 0.3 is 5.91 Å². The third-order valence-corrected chi connectivity index (χ3v) is 8.96. The van der Waals surface area contributed by atoms with Crippen molar-refractivity contribution in [3.8, 4) is 23.0 Å². The van der Waals surface area contributed by atoms with Gasteiger partial charge in [-0.2, -0.15) is 0 Å². The lowest BCUT2D eigenvalue weighted by Gasteiger charge is -2.24. The van der Waals surface area contributed by atoms with Crippen molar-refractivity contribution in [2.45, 2.75) is 52.7 Å². The van der Waals surface area contributed by atoms with Gasteiger partial charge in [0.1, 0.15) is 23.4 Å². The third-order valence-electron chi connectivity index (χ3n) is 7.94. The first-order valence-electron chi connectivity index (χ1n) is 15.1. The average molecular weight is 629 g/mol. The van der Waals surface area contributed by atoms with Crippen LogP contribution in [0.3, 0.4) is 0 Å². The first kappa shape index (κ1) is 30.5. The molecule has 1 fully saturated rings. The molecule has 6 rings (SSSR count). The molecule has 9 nitrogen and oxygen atoms in total. The van der Waals surface area contributed by atoms with E-state index < -0.39 is 17.7 Å². The van der Waals surface area contributed by atoms with Crippen LogP contribution in [0.1, 0.15) is 56.8 Å². The number of nitrogens with zero attached hydrogens (tertiary/aromatic N) is 2. The van der Waals surface area contributed by atoms with Crippen LogP contribution in [-0.2, 0) is 16.0 Å². The molecule has 45 heavy (non-hydrogen) atoms. The highest BCUT2D eigenvalue weighted by atomic mass is 32.1. The number of thiazole rings is 1. The zero-order valence-electron chi connectivity index (χ0n) is 26.0. The van der Waals surface area contributed by atoms with Crippen LogP contribution in [0.15, 0.2) is 60.2 Å². The highest BCUT2D eigenvalue weighted by Crippen LogP contribution is 2.46. The number of amides is 1. The van der Waals surface area contributed by atoms with Crippen LogP contribution in [-0.4, -0.2) is 48.2 Å². The molecule has 10 heteroatoms. The van der Waals surface area contributed by atoms with E-state index in [0.717, 1.165) is 22.4 Å². The molecule has 0 bridgehead atoms. The summed E-state index contributed by atoms with van der Waals surface area (Å²) in [6.45, 7) is 9.03. The SMILES string of the molecule is CCOc1cc([C@H]2C(=C(O)c3ccc4c(c3)C[C@@H](C)O4)C(=O)C(=O)N2c2nc3ccc(OC)cc3s2)ccc1OCCC(C)C. The molecule has 4 aromatic rings. The Morgan fingerprint density at radius 1 is 1.09 bits per heavy atom. The standard InChI is InChI=1S/C35H36N2O7S/c1-6-42-28-17-21(7-12-27(28)43-14-13-19(2)3)31-30(32(38)22-8-11-26-23(16-22)15-20(4)44-26)33(39)34(40)37(31)35-36-25-10-9-24(41-5)18-29(25)45-35/h7-12,16-20,31,38H,6,13-15H2,1-5H3/t20-,31+/m1/s1. The number of aliphatic hydroxyl groups is 1. The molecule has 0 saturated carbocycles. The van der Waals surface area contributed by atoms with Gasteiger partial charge in [0.2, 0.25) is 0 Å². The van der Waals surface area contributed by atoms with Gasteiger partial charge in [-0.25, -0.2) is 4.98 Å². The van der Waals surface area contributed by atoms with Crippen molar-refractivity contribution in [1.82, 2.24) is 4.98 Å².